The Morgan fingerprint density at radius 1 is 1.47 bits per heavy atom. The molecule has 1 aliphatic heterocycles. The summed E-state index contributed by atoms with van der Waals surface area (Å²) in [7, 11) is 0. The third-order valence-corrected chi connectivity index (χ3v) is 4.84. The molecule has 0 radical (unpaired) electrons. The molecule has 15 heavy (non-hydrogen) atoms. The molecule has 0 aromatic carbocycles. The van der Waals surface area contributed by atoms with Crippen molar-refractivity contribution in [1.29, 1.82) is 0 Å². The van der Waals surface area contributed by atoms with Crippen LogP contribution in [0.3, 0.4) is 0 Å². The topological polar surface area (TPSA) is 15.3 Å². The lowest BCUT2D eigenvalue weighted by atomic mass is 10.3. The van der Waals surface area contributed by atoms with Gasteiger partial charge in [0.05, 0.1) is 3.79 Å². The van der Waals surface area contributed by atoms with E-state index in [1.54, 1.807) is 0 Å². The minimum absolute atomic E-state index is 1.11. The van der Waals surface area contributed by atoms with E-state index in [0.29, 0.717) is 0 Å². The van der Waals surface area contributed by atoms with E-state index in [0.717, 1.165) is 13.1 Å². The minimum Gasteiger partial charge on any atom is -0.315 e. The average Bonchev–Trinajstić information content (AvgIpc) is 2.45. The molecule has 4 heteroatoms. The third kappa shape index (κ3) is 3.28. The van der Waals surface area contributed by atoms with E-state index in [1.807, 2.05) is 11.3 Å². The van der Waals surface area contributed by atoms with Crippen molar-refractivity contribution in [3.63, 3.8) is 0 Å². The fourth-order valence-corrected chi connectivity index (χ4v) is 3.55. The maximum Gasteiger partial charge on any atom is 0.0730 e. The van der Waals surface area contributed by atoms with E-state index >= 15 is 0 Å². The van der Waals surface area contributed by atoms with Crippen molar-refractivity contribution in [1.82, 2.24) is 10.2 Å². The van der Waals surface area contributed by atoms with Crippen molar-refractivity contribution >= 4 is 27.3 Å². The second-order valence-electron chi connectivity index (χ2n) is 4.05. The van der Waals surface area contributed by atoms with E-state index in [2.05, 4.69) is 39.1 Å². The summed E-state index contributed by atoms with van der Waals surface area (Å²) in [6.07, 6.45) is 1.27. The number of hydrogen-bond acceptors (Lipinski definition) is 3. The summed E-state index contributed by atoms with van der Waals surface area (Å²) >= 11 is 5.45. The zero-order chi connectivity index (χ0) is 10.7. The van der Waals surface area contributed by atoms with Crippen molar-refractivity contribution in [3.05, 3.63) is 20.3 Å². The average molecular weight is 289 g/mol. The van der Waals surface area contributed by atoms with Crippen LogP contribution in [-0.2, 0) is 6.54 Å². The highest BCUT2D eigenvalue weighted by molar-refractivity contribution is 9.11. The molecule has 0 amide bonds. The van der Waals surface area contributed by atoms with Crippen LogP contribution in [-0.4, -0.2) is 31.1 Å². The number of aryl methyl sites for hydroxylation is 1. The van der Waals surface area contributed by atoms with E-state index in [1.165, 1.54) is 40.3 Å². The van der Waals surface area contributed by atoms with Crippen LogP contribution in [0.1, 0.15) is 16.9 Å². The molecule has 1 aromatic rings. The Bertz CT molecular complexity index is 297. The van der Waals surface area contributed by atoms with E-state index in [9.17, 15) is 0 Å². The van der Waals surface area contributed by atoms with Crippen molar-refractivity contribution in [2.45, 2.75) is 19.9 Å². The Balaban J connectivity index is 1.95. The van der Waals surface area contributed by atoms with E-state index < -0.39 is 0 Å². The highest BCUT2D eigenvalue weighted by Gasteiger charge is 2.11. The van der Waals surface area contributed by atoms with Crippen LogP contribution in [0.2, 0.25) is 0 Å². The third-order valence-electron chi connectivity index (χ3n) is 2.72. The van der Waals surface area contributed by atoms with Crippen molar-refractivity contribution in [2.24, 2.45) is 0 Å². The molecule has 0 spiro atoms. The van der Waals surface area contributed by atoms with Gasteiger partial charge in [0.25, 0.3) is 0 Å². The van der Waals surface area contributed by atoms with Gasteiger partial charge in [-0.05, 0) is 54.0 Å². The Hall–Kier alpha value is 0.100. The molecule has 2 heterocycles. The molecule has 1 fully saturated rings. The maximum atomic E-state index is 3.58. The molecule has 0 saturated carbocycles. The molecule has 1 aromatic heterocycles. The summed E-state index contributed by atoms with van der Waals surface area (Å²) in [6.45, 7) is 7.97. The lowest BCUT2D eigenvalue weighted by Gasteiger charge is -2.17. The Labute approximate surface area is 104 Å². The van der Waals surface area contributed by atoms with Gasteiger partial charge in [-0.1, -0.05) is 0 Å². The molecular formula is C11H17BrN2S. The Morgan fingerprint density at radius 2 is 2.33 bits per heavy atom. The number of rotatable bonds is 2. The second kappa shape index (κ2) is 5.43. The van der Waals surface area contributed by atoms with Gasteiger partial charge in [0, 0.05) is 24.5 Å². The first kappa shape index (κ1) is 11.6. The Kier molecular flexibility index (Phi) is 4.20. The minimum atomic E-state index is 1.11. The number of thiophene rings is 1. The molecule has 0 aliphatic carbocycles. The highest BCUT2D eigenvalue weighted by Crippen LogP contribution is 2.28. The van der Waals surface area contributed by atoms with Gasteiger partial charge < -0.3 is 5.32 Å². The van der Waals surface area contributed by atoms with Crippen molar-refractivity contribution in [2.75, 3.05) is 26.2 Å². The van der Waals surface area contributed by atoms with Gasteiger partial charge in [-0.15, -0.1) is 11.3 Å². The first-order valence-electron chi connectivity index (χ1n) is 5.43. The molecule has 84 valence electrons. The van der Waals surface area contributed by atoms with Crippen molar-refractivity contribution < 1.29 is 0 Å². The summed E-state index contributed by atoms with van der Waals surface area (Å²) in [5.41, 5.74) is 1.36. The molecule has 1 saturated heterocycles. The summed E-state index contributed by atoms with van der Waals surface area (Å²) in [4.78, 5) is 4.01. The first-order chi connectivity index (χ1) is 7.25. The van der Waals surface area contributed by atoms with Crippen LogP contribution in [0.15, 0.2) is 9.85 Å². The zero-order valence-electron chi connectivity index (χ0n) is 9.05. The summed E-state index contributed by atoms with van der Waals surface area (Å²) in [5, 5.41) is 3.43. The number of hydrogen-bond donors (Lipinski definition) is 1. The van der Waals surface area contributed by atoms with Crippen LogP contribution < -0.4 is 5.32 Å². The lowest BCUT2D eigenvalue weighted by molar-refractivity contribution is 0.287. The van der Waals surface area contributed by atoms with Gasteiger partial charge in [-0.2, -0.15) is 0 Å². The van der Waals surface area contributed by atoms with Crippen LogP contribution in [0.5, 0.6) is 0 Å². The van der Waals surface area contributed by atoms with E-state index in [4.69, 9.17) is 0 Å². The summed E-state index contributed by atoms with van der Waals surface area (Å²) in [5.74, 6) is 0. The molecule has 2 nitrogen and oxygen atoms in total. The van der Waals surface area contributed by atoms with Gasteiger partial charge in [0.1, 0.15) is 0 Å². The molecular weight excluding hydrogens is 272 g/mol. The lowest BCUT2D eigenvalue weighted by Crippen LogP contribution is -2.27. The van der Waals surface area contributed by atoms with E-state index in [-0.39, 0.29) is 0 Å². The molecule has 0 bridgehead atoms. The normalized spacial score (nSPS) is 19.1. The Morgan fingerprint density at radius 3 is 3.07 bits per heavy atom. The summed E-state index contributed by atoms with van der Waals surface area (Å²) in [6, 6.07) is 2.30. The molecule has 0 unspecified atom stereocenters. The fourth-order valence-electron chi connectivity index (χ4n) is 1.88. The van der Waals surface area contributed by atoms with Crippen molar-refractivity contribution in [3.8, 4) is 0 Å². The highest BCUT2D eigenvalue weighted by atomic mass is 79.9. The van der Waals surface area contributed by atoms with Gasteiger partial charge >= 0.3 is 0 Å². The summed E-state index contributed by atoms with van der Waals surface area (Å²) < 4.78 is 1.28. The van der Waals surface area contributed by atoms with Crippen LogP contribution in [0, 0.1) is 6.92 Å². The standard InChI is InChI=1S/C11H17BrN2S/c1-9-7-10(15-11(9)12)8-14-5-2-3-13-4-6-14/h7,13H,2-6,8H2,1H3. The molecule has 1 N–H and O–H groups in total. The predicted molar refractivity (Wildman–Crippen MR) is 69.5 cm³/mol. The van der Waals surface area contributed by atoms with Gasteiger partial charge in [0.2, 0.25) is 0 Å². The van der Waals surface area contributed by atoms with Gasteiger partial charge in [0.15, 0.2) is 0 Å². The number of nitrogens with zero attached hydrogens (tertiary/aromatic N) is 1. The maximum absolute atomic E-state index is 3.58. The number of nitrogens with one attached hydrogen (secondary N) is 1. The molecule has 0 atom stereocenters. The number of halogens is 1. The zero-order valence-corrected chi connectivity index (χ0v) is 11.5. The fraction of sp³-hybridized carbons (Fsp3) is 0.636. The van der Waals surface area contributed by atoms with Crippen LogP contribution in [0.4, 0.5) is 0 Å². The monoisotopic (exact) mass is 288 g/mol. The second-order valence-corrected chi connectivity index (χ2v) is 6.50. The largest absolute Gasteiger partial charge is 0.315 e. The quantitative estimate of drug-likeness (QED) is 0.900. The van der Waals surface area contributed by atoms with Crippen LogP contribution >= 0.6 is 27.3 Å². The van der Waals surface area contributed by atoms with Crippen LogP contribution in [0.25, 0.3) is 0 Å². The molecule has 2 rings (SSSR count). The first-order valence-corrected chi connectivity index (χ1v) is 7.04. The smallest absolute Gasteiger partial charge is 0.0730 e. The SMILES string of the molecule is Cc1cc(CN2CCCNCC2)sc1Br. The molecule has 1 aliphatic rings. The van der Waals surface area contributed by atoms with Gasteiger partial charge in [-0.3, -0.25) is 4.90 Å². The van der Waals surface area contributed by atoms with Gasteiger partial charge in [-0.25, -0.2) is 0 Å². The predicted octanol–water partition coefficient (Wildman–Crippen LogP) is 2.61.